The molecule has 2 N–H and O–H groups in total. The van der Waals surface area contributed by atoms with Crippen LogP contribution in [0.3, 0.4) is 0 Å². The zero-order chi connectivity index (χ0) is 14.5. The molecule has 2 aliphatic rings. The summed E-state index contributed by atoms with van der Waals surface area (Å²) in [5.41, 5.74) is -0.0968. The first-order valence-corrected chi connectivity index (χ1v) is 6.98. The van der Waals surface area contributed by atoms with Crippen molar-refractivity contribution in [1.82, 2.24) is 10.2 Å². The first kappa shape index (κ1) is 14.8. The fourth-order valence-corrected chi connectivity index (χ4v) is 2.51. The van der Waals surface area contributed by atoms with Crippen molar-refractivity contribution in [3.05, 3.63) is 0 Å². The van der Waals surface area contributed by atoms with Gasteiger partial charge in [-0.1, -0.05) is 5.16 Å². The van der Waals surface area contributed by atoms with Crippen LogP contribution in [0.2, 0.25) is 0 Å². The first-order chi connectivity index (χ1) is 9.56. The molecule has 20 heavy (non-hydrogen) atoms. The zero-order valence-electron chi connectivity index (χ0n) is 11.7. The van der Waals surface area contributed by atoms with Crippen LogP contribution in [0.25, 0.3) is 0 Å². The lowest BCUT2D eigenvalue weighted by Gasteiger charge is -2.28. The van der Waals surface area contributed by atoms with Gasteiger partial charge in [0.05, 0.1) is 0 Å². The largest absolute Gasteiger partial charge is 0.477 e. The van der Waals surface area contributed by atoms with Crippen LogP contribution >= 0.6 is 0 Å². The van der Waals surface area contributed by atoms with Crippen LogP contribution in [-0.4, -0.2) is 60.4 Å². The van der Waals surface area contributed by atoms with E-state index in [0.29, 0.717) is 12.5 Å². The molecule has 0 aliphatic carbocycles. The van der Waals surface area contributed by atoms with Crippen molar-refractivity contribution in [3.63, 3.8) is 0 Å². The van der Waals surface area contributed by atoms with E-state index in [1.165, 1.54) is 12.8 Å². The summed E-state index contributed by atoms with van der Waals surface area (Å²) < 4.78 is 0. The molecule has 0 saturated carbocycles. The van der Waals surface area contributed by atoms with E-state index in [2.05, 4.69) is 22.4 Å². The lowest BCUT2D eigenvalue weighted by Crippen LogP contribution is -2.37. The molecule has 1 fully saturated rings. The van der Waals surface area contributed by atoms with Crippen molar-refractivity contribution in [3.8, 4) is 0 Å². The van der Waals surface area contributed by atoms with Gasteiger partial charge in [-0.3, -0.25) is 4.79 Å². The number of rotatable bonds is 5. The van der Waals surface area contributed by atoms with Gasteiger partial charge in [0, 0.05) is 13.0 Å². The van der Waals surface area contributed by atoms with Gasteiger partial charge in [0.15, 0.2) is 5.71 Å². The summed E-state index contributed by atoms with van der Waals surface area (Å²) in [6.45, 7) is 2.83. The minimum Gasteiger partial charge on any atom is -0.477 e. The molecular weight excluding hydrogens is 262 g/mol. The minimum atomic E-state index is -1.13. The van der Waals surface area contributed by atoms with Crippen molar-refractivity contribution in [2.45, 2.75) is 31.8 Å². The molecule has 0 aromatic carbocycles. The highest BCUT2D eigenvalue weighted by Gasteiger charge is 2.31. The molecule has 2 aliphatic heterocycles. The molecule has 0 bridgehead atoms. The number of carbonyl (C=O) groups excluding carboxylic acids is 1. The second-order valence-corrected chi connectivity index (χ2v) is 5.47. The quantitative estimate of drug-likeness (QED) is 0.744. The molecule has 0 spiro atoms. The van der Waals surface area contributed by atoms with Crippen LogP contribution in [-0.2, 0) is 14.4 Å². The second-order valence-electron chi connectivity index (χ2n) is 5.47. The van der Waals surface area contributed by atoms with Gasteiger partial charge in [-0.25, -0.2) is 4.79 Å². The summed E-state index contributed by atoms with van der Waals surface area (Å²) in [7, 11) is 2.12. The Morgan fingerprint density at radius 3 is 2.75 bits per heavy atom. The fourth-order valence-electron chi connectivity index (χ4n) is 2.51. The number of carboxylic acids is 1. The van der Waals surface area contributed by atoms with Crippen LogP contribution in [0.5, 0.6) is 0 Å². The SMILES string of the molecule is CN1CCC(CCNC(=O)C2CC(C(=O)O)=NO2)CC1. The number of amides is 1. The Labute approximate surface area is 117 Å². The lowest BCUT2D eigenvalue weighted by molar-refractivity contribution is -0.131. The predicted molar refractivity (Wildman–Crippen MR) is 72.4 cm³/mol. The molecule has 2 heterocycles. The summed E-state index contributed by atoms with van der Waals surface area (Å²) in [4.78, 5) is 29.6. The Hall–Kier alpha value is -1.63. The molecule has 1 saturated heterocycles. The Bertz CT molecular complexity index is 402. The number of nitrogens with zero attached hydrogens (tertiary/aromatic N) is 2. The Kier molecular flexibility index (Phi) is 4.94. The number of carbonyl (C=O) groups is 2. The van der Waals surface area contributed by atoms with Gasteiger partial charge in [0.1, 0.15) is 0 Å². The molecule has 0 aromatic heterocycles. The van der Waals surface area contributed by atoms with Crippen LogP contribution in [0.4, 0.5) is 0 Å². The van der Waals surface area contributed by atoms with Gasteiger partial charge in [-0.05, 0) is 45.3 Å². The highest BCUT2D eigenvalue weighted by atomic mass is 16.6. The normalized spacial score (nSPS) is 24.1. The van der Waals surface area contributed by atoms with Crippen molar-refractivity contribution in [2.75, 3.05) is 26.7 Å². The van der Waals surface area contributed by atoms with Crippen LogP contribution in [0.15, 0.2) is 5.16 Å². The third-order valence-corrected chi connectivity index (χ3v) is 3.90. The smallest absolute Gasteiger partial charge is 0.353 e. The van der Waals surface area contributed by atoms with E-state index in [1.807, 2.05) is 0 Å². The number of piperidine rings is 1. The number of hydrogen-bond acceptors (Lipinski definition) is 5. The molecule has 112 valence electrons. The maximum absolute atomic E-state index is 11.8. The Balaban J connectivity index is 1.63. The number of aliphatic carboxylic acids is 1. The van der Waals surface area contributed by atoms with E-state index in [9.17, 15) is 9.59 Å². The Morgan fingerprint density at radius 1 is 1.45 bits per heavy atom. The van der Waals surface area contributed by atoms with Crippen LogP contribution < -0.4 is 5.32 Å². The summed E-state index contributed by atoms with van der Waals surface area (Å²) >= 11 is 0. The van der Waals surface area contributed by atoms with E-state index >= 15 is 0 Å². The van der Waals surface area contributed by atoms with E-state index in [4.69, 9.17) is 9.94 Å². The van der Waals surface area contributed by atoms with Gasteiger partial charge >= 0.3 is 5.97 Å². The second kappa shape index (κ2) is 6.69. The van der Waals surface area contributed by atoms with E-state index in [0.717, 1.165) is 19.5 Å². The number of nitrogens with one attached hydrogen (secondary N) is 1. The van der Waals surface area contributed by atoms with Gasteiger partial charge in [-0.2, -0.15) is 0 Å². The molecule has 1 atom stereocenters. The highest BCUT2D eigenvalue weighted by molar-refractivity contribution is 6.36. The Morgan fingerprint density at radius 2 is 2.15 bits per heavy atom. The maximum atomic E-state index is 11.8. The van der Waals surface area contributed by atoms with Gasteiger partial charge < -0.3 is 20.2 Å². The van der Waals surface area contributed by atoms with E-state index < -0.39 is 12.1 Å². The van der Waals surface area contributed by atoms with Crippen molar-refractivity contribution in [2.24, 2.45) is 11.1 Å². The maximum Gasteiger partial charge on any atom is 0.353 e. The standard InChI is InChI=1S/C13H21N3O4/c1-16-6-3-9(4-7-16)2-5-14-12(17)11-8-10(13(18)19)15-20-11/h9,11H,2-8H2,1H3,(H,14,17)(H,18,19). The first-order valence-electron chi connectivity index (χ1n) is 6.98. The van der Waals surface area contributed by atoms with Crippen LogP contribution in [0.1, 0.15) is 25.7 Å². The molecule has 7 heteroatoms. The average Bonchev–Trinajstić information content (AvgIpc) is 2.91. The van der Waals surface area contributed by atoms with Crippen molar-refractivity contribution >= 4 is 17.6 Å². The molecule has 0 aromatic rings. The summed E-state index contributed by atoms with van der Waals surface area (Å²) in [5.74, 6) is -0.758. The summed E-state index contributed by atoms with van der Waals surface area (Å²) in [6.07, 6.45) is 2.53. The average molecular weight is 283 g/mol. The third kappa shape index (κ3) is 3.93. The number of oxime groups is 1. The molecule has 7 nitrogen and oxygen atoms in total. The molecule has 0 radical (unpaired) electrons. The zero-order valence-corrected chi connectivity index (χ0v) is 11.7. The fraction of sp³-hybridized carbons (Fsp3) is 0.769. The van der Waals surface area contributed by atoms with Gasteiger partial charge in [0.25, 0.3) is 5.91 Å². The monoisotopic (exact) mass is 283 g/mol. The molecule has 1 unspecified atom stereocenters. The van der Waals surface area contributed by atoms with E-state index in [-0.39, 0.29) is 18.0 Å². The van der Waals surface area contributed by atoms with Crippen molar-refractivity contribution in [1.29, 1.82) is 0 Å². The van der Waals surface area contributed by atoms with E-state index in [1.54, 1.807) is 0 Å². The summed E-state index contributed by atoms with van der Waals surface area (Å²) in [5, 5.41) is 14.9. The minimum absolute atomic E-state index is 0.0371. The predicted octanol–water partition coefficient (Wildman–Crippen LogP) is 0.0640. The lowest BCUT2D eigenvalue weighted by atomic mass is 9.94. The summed E-state index contributed by atoms with van der Waals surface area (Å²) in [6, 6.07) is 0. The topological polar surface area (TPSA) is 91.2 Å². The number of hydrogen-bond donors (Lipinski definition) is 2. The van der Waals surface area contributed by atoms with Gasteiger partial charge in [-0.15, -0.1) is 0 Å². The number of likely N-dealkylation sites (tertiary alicyclic amines) is 1. The van der Waals surface area contributed by atoms with Crippen molar-refractivity contribution < 1.29 is 19.5 Å². The molecule has 1 amide bonds. The highest BCUT2D eigenvalue weighted by Crippen LogP contribution is 2.19. The van der Waals surface area contributed by atoms with Gasteiger partial charge in [0.2, 0.25) is 6.10 Å². The van der Waals surface area contributed by atoms with Crippen LogP contribution in [0, 0.1) is 5.92 Å². The molecule has 2 rings (SSSR count). The molecular formula is C13H21N3O4. The number of carboxylic acid groups (broad SMARTS) is 1. The third-order valence-electron chi connectivity index (χ3n) is 3.90.